The molecule has 0 unspecified atom stereocenters. The zero-order valence-electron chi connectivity index (χ0n) is 16.7. The molecule has 0 aromatic heterocycles. The fourth-order valence-electron chi connectivity index (χ4n) is 2.86. The topological polar surface area (TPSA) is 55.8 Å². The van der Waals surface area contributed by atoms with Crippen LogP contribution in [0.5, 0.6) is 11.5 Å². The summed E-state index contributed by atoms with van der Waals surface area (Å²) in [7, 11) is -1.77. The Labute approximate surface area is 174 Å². The van der Waals surface area contributed by atoms with E-state index in [4.69, 9.17) is 9.47 Å². The highest BCUT2D eigenvalue weighted by atomic mass is 32.2. The summed E-state index contributed by atoms with van der Waals surface area (Å²) < 4.78 is 77.7. The summed E-state index contributed by atoms with van der Waals surface area (Å²) in [6, 6.07) is 13.0. The first kappa shape index (κ1) is 23.8. The SMILES string of the molecule is C=CC[C@H](C(F)(F)F)S(=O)(=O)N(Cc1ccc(OC)cc1)Cc1ccc(OC)cc1. The van der Waals surface area contributed by atoms with E-state index in [0.717, 1.165) is 10.4 Å². The summed E-state index contributed by atoms with van der Waals surface area (Å²) in [5.74, 6) is 1.12. The third kappa shape index (κ3) is 5.99. The van der Waals surface area contributed by atoms with Gasteiger partial charge in [0, 0.05) is 13.1 Å². The summed E-state index contributed by atoms with van der Waals surface area (Å²) in [6.07, 6.45) is -4.69. The Morgan fingerprint density at radius 1 is 0.933 bits per heavy atom. The van der Waals surface area contributed by atoms with Crippen LogP contribution in [-0.4, -0.2) is 38.4 Å². The summed E-state index contributed by atoms with van der Waals surface area (Å²) in [5.41, 5.74) is 1.07. The second-order valence-electron chi connectivity index (χ2n) is 6.56. The molecule has 30 heavy (non-hydrogen) atoms. The lowest BCUT2D eigenvalue weighted by Gasteiger charge is -2.28. The van der Waals surface area contributed by atoms with Gasteiger partial charge in [-0.1, -0.05) is 30.3 Å². The molecule has 5 nitrogen and oxygen atoms in total. The monoisotopic (exact) mass is 443 g/mol. The number of nitrogens with zero attached hydrogens (tertiary/aromatic N) is 1. The van der Waals surface area contributed by atoms with E-state index in [2.05, 4.69) is 6.58 Å². The number of sulfonamides is 1. The summed E-state index contributed by atoms with van der Waals surface area (Å²) >= 11 is 0. The van der Waals surface area contributed by atoms with E-state index >= 15 is 0 Å². The van der Waals surface area contributed by atoms with Crippen molar-refractivity contribution in [3.63, 3.8) is 0 Å². The van der Waals surface area contributed by atoms with Crippen molar-refractivity contribution in [3.8, 4) is 11.5 Å². The highest BCUT2D eigenvalue weighted by Gasteiger charge is 2.50. The molecule has 2 aromatic rings. The van der Waals surface area contributed by atoms with E-state index in [-0.39, 0.29) is 13.1 Å². The lowest BCUT2D eigenvalue weighted by molar-refractivity contribution is -0.130. The molecule has 0 heterocycles. The lowest BCUT2D eigenvalue weighted by atomic mass is 10.2. The van der Waals surface area contributed by atoms with Crippen molar-refractivity contribution in [2.45, 2.75) is 30.9 Å². The van der Waals surface area contributed by atoms with Crippen LogP contribution < -0.4 is 9.47 Å². The van der Waals surface area contributed by atoms with Crippen LogP contribution in [0.4, 0.5) is 13.2 Å². The third-order valence-electron chi connectivity index (χ3n) is 4.50. The first-order valence-corrected chi connectivity index (χ1v) is 10.5. The van der Waals surface area contributed by atoms with Crippen LogP contribution in [0, 0.1) is 0 Å². The molecule has 0 fully saturated rings. The van der Waals surface area contributed by atoms with Gasteiger partial charge in [-0.25, -0.2) is 8.42 Å². The summed E-state index contributed by atoms with van der Waals surface area (Å²) in [6.45, 7) is 2.84. The average Bonchev–Trinajstić information content (AvgIpc) is 2.71. The molecule has 0 radical (unpaired) electrons. The number of rotatable bonds is 10. The molecule has 2 aromatic carbocycles. The number of methoxy groups -OCH3 is 2. The smallest absolute Gasteiger partial charge is 0.407 e. The zero-order valence-corrected chi connectivity index (χ0v) is 17.5. The van der Waals surface area contributed by atoms with Crippen LogP contribution in [0.1, 0.15) is 17.5 Å². The predicted octanol–water partition coefficient (Wildman–Crippen LogP) is 4.54. The summed E-state index contributed by atoms with van der Waals surface area (Å²) in [5, 5.41) is -2.57. The van der Waals surface area contributed by atoms with Crippen LogP contribution >= 0.6 is 0 Å². The van der Waals surface area contributed by atoms with Crippen molar-refractivity contribution in [2.75, 3.05) is 14.2 Å². The van der Waals surface area contributed by atoms with Crippen LogP contribution in [0.25, 0.3) is 0 Å². The molecule has 1 atom stereocenters. The number of hydrogen-bond acceptors (Lipinski definition) is 4. The quantitative estimate of drug-likeness (QED) is 0.506. The normalized spacial score (nSPS) is 13.1. The molecule has 0 amide bonds. The minimum absolute atomic E-state index is 0.220. The second kappa shape index (κ2) is 9.99. The molecule has 9 heteroatoms. The Bertz CT molecular complexity index is 877. The van der Waals surface area contributed by atoms with Crippen molar-refractivity contribution >= 4 is 10.0 Å². The zero-order chi connectivity index (χ0) is 22.4. The van der Waals surface area contributed by atoms with Gasteiger partial charge in [-0.3, -0.25) is 0 Å². The standard InChI is InChI=1S/C21H24F3NO4S/c1-4-5-20(21(22,23)24)30(26,27)25(14-16-6-10-18(28-2)11-7-16)15-17-8-12-19(29-3)13-9-17/h4,6-13,20H,1,5,14-15H2,2-3H3/t20-/m1/s1. The predicted molar refractivity (Wildman–Crippen MR) is 109 cm³/mol. The van der Waals surface area contributed by atoms with Gasteiger partial charge in [0.25, 0.3) is 0 Å². The molecule has 0 aliphatic heterocycles. The number of allylic oxidation sites excluding steroid dienone is 1. The highest BCUT2D eigenvalue weighted by molar-refractivity contribution is 7.89. The molecule has 0 aliphatic carbocycles. The molecule has 0 spiro atoms. The second-order valence-corrected chi connectivity index (χ2v) is 8.68. The lowest BCUT2D eigenvalue weighted by Crippen LogP contribution is -2.45. The number of alkyl halides is 3. The van der Waals surface area contributed by atoms with Gasteiger partial charge in [0.15, 0.2) is 5.25 Å². The number of ether oxygens (including phenoxy) is 2. The molecule has 0 aliphatic rings. The Hall–Kier alpha value is -2.52. The molecule has 0 saturated heterocycles. The Balaban J connectivity index is 2.42. The minimum Gasteiger partial charge on any atom is -0.497 e. The van der Waals surface area contributed by atoms with Gasteiger partial charge >= 0.3 is 6.18 Å². The molecule has 2 rings (SSSR count). The summed E-state index contributed by atoms with van der Waals surface area (Å²) in [4.78, 5) is 0. The van der Waals surface area contributed by atoms with E-state index in [1.165, 1.54) is 14.2 Å². The van der Waals surface area contributed by atoms with Gasteiger partial charge < -0.3 is 9.47 Å². The maximum absolute atomic E-state index is 13.6. The van der Waals surface area contributed by atoms with Gasteiger partial charge in [-0.15, -0.1) is 6.58 Å². The van der Waals surface area contributed by atoms with Gasteiger partial charge in [0.2, 0.25) is 10.0 Å². The number of benzene rings is 2. The maximum atomic E-state index is 13.6. The van der Waals surface area contributed by atoms with Crippen molar-refractivity contribution < 1.29 is 31.1 Å². The van der Waals surface area contributed by atoms with Crippen molar-refractivity contribution in [1.82, 2.24) is 4.31 Å². The van der Waals surface area contributed by atoms with Crippen LogP contribution in [-0.2, 0) is 23.1 Å². The van der Waals surface area contributed by atoms with Gasteiger partial charge in [0.05, 0.1) is 14.2 Å². The number of hydrogen-bond donors (Lipinski definition) is 0. The minimum atomic E-state index is -4.93. The van der Waals surface area contributed by atoms with Gasteiger partial charge in [-0.2, -0.15) is 17.5 Å². The van der Waals surface area contributed by atoms with E-state index in [9.17, 15) is 21.6 Å². The van der Waals surface area contributed by atoms with Gasteiger partial charge in [0.1, 0.15) is 11.5 Å². The van der Waals surface area contributed by atoms with Crippen LogP contribution in [0.2, 0.25) is 0 Å². The van der Waals surface area contributed by atoms with Crippen LogP contribution in [0.15, 0.2) is 61.2 Å². The first-order chi connectivity index (χ1) is 14.1. The molecule has 0 saturated carbocycles. The van der Waals surface area contributed by atoms with E-state index in [1.54, 1.807) is 48.5 Å². The average molecular weight is 443 g/mol. The highest BCUT2D eigenvalue weighted by Crippen LogP contribution is 2.32. The van der Waals surface area contributed by atoms with E-state index < -0.39 is 27.9 Å². The van der Waals surface area contributed by atoms with Gasteiger partial charge in [-0.05, 0) is 41.8 Å². The van der Waals surface area contributed by atoms with E-state index in [1.807, 2.05) is 0 Å². The fourth-order valence-corrected chi connectivity index (χ4v) is 4.60. The number of halogens is 3. The Morgan fingerprint density at radius 3 is 1.63 bits per heavy atom. The Kier molecular flexibility index (Phi) is 7.91. The molecule has 0 N–H and O–H groups in total. The van der Waals surface area contributed by atoms with E-state index in [0.29, 0.717) is 22.6 Å². The molecular formula is C21H24F3NO4S. The maximum Gasteiger partial charge on any atom is 0.407 e. The van der Waals surface area contributed by atoms with Crippen molar-refractivity contribution in [2.24, 2.45) is 0 Å². The molecular weight excluding hydrogens is 419 g/mol. The van der Waals surface area contributed by atoms with Crippen molar-refractivity contribution in [1.29, 1.82) is 0 Å². The van der Waals surface area contributed by atoms with Crippen LogP contribution in [0.3, 0.4) is 0 Å². The Morgan fingerprint density at radius 2 is 1.33 bits per heavy atom. The van der Waals surface area contributed by atoms with Crippen molar-refractivity contribution in [3.05, 3.63) is 72.3 Å². The largest absolute Gasteiger partial charge is 0.497 e. The first-order valence-electron chi connectivity index (χ1n) is 9.04. The molecule has 164 valence electrons. The fraction of sp³-hybridized carbons (Fsp3) is 0.333. The molecule has 0 bridgehead atoms. The third-order valence-corrected chi connectivity index (χ3v) is 6.66.